The maximum absolute atomic E-state index is 12.9. The number of amides is 1. The smallest absolute Gasteiger partial charge is 0.261 e. The van der Waals surface area contributed by atoms with Crippen LogP contribution >= 0.6 is 0 Å². The molecule has 1 amide bonds. The fourth-order valence-corrected chi connectivity index (χ4v) is 4.34. The number of rotatable bonds is 5. The zero-order valence-corrected chi connectivity index (χ0v) is 16.4. The van der Waals surface area contributed by atoms with Gasteiger partial charge in [0, 0.05) is 13.1 Å². The summed E-state index contributed by atoms with van der Waals surface area (Å²) in [6, 6.07) is 11.5. The molecule has 0 aromatic heterocycles. The lowest BCUT2D eigenvalue weighted by Gasteiger charge is -2.27. The molecule has 2 aromatic rings. The Bertz CT molecular complexity index is 935. The first-order valence-electron chi connectivity index (χ1n) is 8.98. The lowest BCUT2D eigenvalue weighted by molar-refractivity contribution is 0.0720. The number of carbonyl (C=O) groups is 1. The van der Waals surface area contributed by atoms with Gasteiger partial charge in [0.05, 0.1) is 23.3 Å². The molecule has 1 heterocycles. The molecular weight excluding hydrogens is 364 g/mol. The van der Waals surface area contributed by atoms with E-state index >= 15 is 0 Å². The van der Waals surface area contributed by atoms with Gasteiger partial charge in [-0.3, -0.25) is 9.52 Å². The molecular formula is C20H24N2O4S. The number of nitrogens with zero attached hydrogens (tertiary/aromatic N) is 1. The monoisotopic (exact) mass is 388 g/mol. The van der Waals surface area contributed by atoms with E-state index in [0.717, 1.165) is 24.8 Å². The van der Waals surface area contributed by atoms with E-state index in [1.165, 1.54) is 25.3 Å². The van der Waals surface area contributed by atoms with Crippen molar-refractivity contribution in [2.45, 2.75) is 31.1 Å². The Morgan fingerprint density at radius 3 is 2.44 bits per heavy atom. The molecule has 0 spiro atoms. The largest absolute Gasteiger partial charge is 0.496 e. The van der Waals surface area contributed by atoms with Crippen LogP contribution in [-0.4, -0.2) is 39.4 Å². The molecule has 0 unspecified atom stereocenters. The first-order valence-corrected chi connectivity index (χ1v) is 10.5. The Labute approximate surface area is 160 Å². The first-order chi connectivity index (χ1) is 12.9. The first kappa shape index (κ1) is 19.2. The highest BCUT2D eigenvalue weighted by Crippen LogP contribution is 2.27. The molecule has 7 heteroatoms. The summed E-state index contributed by atoms with van der Waals surface area (Å²) in [6.45, 7) is 3.19. The van der Waals surface area contributed by atoms with Crippen molar-refractivity contribution in [3.05, 3.63) is 53.6 Å². The van der Waals surface area contributed by atoms with E-state index in [1.54, 1.807) is 17.0 Å². The molecule has 1 aliphatic heterocycles. The topological polar surface area (TPSA) is 75.7 Å². The molecule has 6 nitrogen and oxygen atoms in total. The van der Waals surface area contributed by atoms with Gasteiger partial charge in [-0.1, -0.05) is 18.2 Å². The number of hydrogen-bond acceptors (Lipinski definition) is 4. The number of methoxy groups -OCH3 is 1. The van der Waals surface area contributed by atoms with Gasteiger partial charge in [-0.2, -0.15) is 0 Å². The predicted molar refractivity (Wildman–Crippen MR) is 105 cm³/mol. The van der Waals surface area contributed by atoms with Crippen molar-refractivity contribution in [3.63, 3.8) is 0 Å². The summed E-state index contributed by atoms with van der Waals surface area (Å²) in [5.74, 6) is 0.180. The van der Waals surface area contributed by atoms with Crippen LogP contribution in [0.2, 0.25) is 0 Å². The average Bonchev–Trinajstić information content (AvgIpc) is 2.69. The summed E-state index contributed by atoms with van der Waals surface area (Å²) in [4.78, 5) is 14.7. The summed E-state index contributed by atoms with van der Waals surface area (Å²) in [6.07, 6.45) is 3.03. The molecule has 3 rings (SSSR count). The van der Waals surface area contributed by atoms with E-state index in [1.807, 2.05) is 19.1 Å². The van der Waals surface area contributed by atoms with Crippen molar-refractivity contribution >= 4 is 21.6 Å². The number of anilines is 1. The molecule has 1 fully saturated rings. The molecule has 1 N–H and O–H groups in total. The molecule has 27 heavy (non-hydrogen) atoms. The van der Waals surface area contributed by atoms with Crippen LogP contribution in [0, 0.1) is 6.92 Å². The van der Waals surface area contributed by atoms with E-state index < -0.39 is 10.0 Å². The van der Waals surface area contributed by atoms with Crippen LogP contribution in [0.3, 0.4) is 0 Å². The normalized spacial score (nSPS) is 14.7. The summed E-state index contributed by atoms with van der Waals surface area (Å²) >= 11 is 0. The van der Waals surface area contributed by atoms with Crippen molar-refractivity contribution in [1.82, 2.24) is 4.90 Å². The molecule has 1 saturated heterocycles. The number of nitrogens with one attached hydrogen (secondary N) is 1. The highest BCUT2D eigenvalue weighted by atomic mass is 32.2. The maximum atomic E-state index is 12.9. The second-order valence-electron chi connectivity index (χ2n) is 6.64. The number of sulfonamides is 1. The number of piperidine rings is 1. The highest BCUT2D eigenvalue weighted by molar-refractivity contribution is 7.92. The van der Waals surface area contributed by atoms with Gasteiger partial charge in [0.1, 0.15) is 5.75 Å². The number of aryl methyl sites for hydroxylation is 1. The van der Waals surface area contributed by atoms with E-state index in [9.17, 15) is 13.2 Å². The number of benzene rings is 2. The second kappa shape index (κ2) is 8.00. The standard InChI is InChI=1S/C20H24N2O4S/c1-15-8-4-5-9-18(15)21-27(24,25)16-10-11-19(26-2)17(14-16)20(23)22-12-6-3-7-13-22/h4-5,8-11,14,21H,3,6-7,12-13H2,1-2H3. The number of likely N-dealkylation sites (tertiary alicyclic amines) is 1. The Morgan fingerprint density at radius 1 is 1.07 bits per heavy atom. The highest BCUT2D eigenvalue weighted by Gasteiger charge is 2.24. The average molecular weight is 388 g/mol. The van der Waals surface area contributed by atoms with Crippen molar-refractivity contribution in [3.8, 4) is 5.75 Å². The molecule has 0 atom stereocenters. The molecule has 0 radical (unpaired) electrons. The fraction of sp³-hybridized carbons (Fsp3) is 0.350. The Balaban J connectivity index is 1.94. The van der Waals surface area contributed by atoms with E-state index in [4.69, 9.17) is 4.74 Å². The van der Waals surface area contributed by atoms with Crippen molar-refractivity contribution in [2.75, 3.05) is 24.9 Å². The molecule has 0 bridgehead atoms. The summed E-state index contributed by atoms with van der Waals surface area (Å²) in [5, 5.41) is 0. The summed E-state index contributed by atoms with van der Waals surface area (Å²) in [7, 11) is -2.35. The minimum Gasteiger partial charge on any atom is -0.496 e. The van der Waals surface area contributed by atoms with Gasteiger partial charge >= 0.3 is 0 Å². The second-order valence-corrected chi connectivity index (χ2v) is 8.32. The van der Waals surface area contributed by atoms with Gasteiger partial charge in [-0.25, -0.2) is 8.42 Å². The van der Waals surface area contributed by atoms with Crippen LogP contribution in [0.4, 0.5) is 5.69 Å². The SMILES string of the molecule is COc1ccc(S(=O)(=O)Nc2ccccc2C)cc1C(=O)N1CCCCC1. The maximum Gasteiger partial charge on any atom is 0.261 e. The molecule has 1 aliphatic rings. The zero-order chi connectivity index (χ0) is 19.4. The van der Waals surface area contributed by atoms with Gasteiger partial charge in [0.25, 0.3) is 15.9 Å². The van der Waals surface area contributed by atoms with Crippen LogP contribution in [0.15, 0.2) is 47.4 Å². The Kier molecular flexibility index (Phi) is 5.70. The van der Waals surface area contributed by atoms with E-state index in [2.05, 4.69) is 4.72 Å². The van der Waals surface area contributed by atoms with Crippen molar-refractivity contribution in [2.24, 2.45) is 0 Å². The van der Waals surface area contributed by atoms with E-state index in [-0.39, 0.29) is 16.4 Å². The fourth-order valence-electron chi connectivity index (χ4n) is 3.18. The van der Waals surface area contributed by atoms with Gasteiger partial charge in [0.15, 0.2) is 0 Å². The lowest BCUT2D eigenvalue weighted by atomic mass is 10.1. The molecule has 0 aliphatic carbocycles. The van der Waals surface area contributed by atoms with Crippen LogP contribution in [0.5, 0.6) is 5.75 Å². The minimum absolute atomic E-state index is 0.0342. The predicted octanol–water partition coefficient (Wildman–Crippen LogP) is 3.43. The van der Waals surface area contributed by atoms with Gasteiger partial charge in [-0.05, 0) is 56.0 Å². The Hall–Kier alpha value is -2.54. The third-order valence-corrected chi connectivity index (χ3v) is 6.11. The number of para-hydroxylation sites is 1. The summed E-state index contributed by atoms with van der Waals surface area (Å²) < 4.78 is 33.5. The molecule has 2 aromatic carbocycles. The number of carbonyl (C=O) groups excluding carboxylic acids is 1. The van der Waals surface area contributed by atoms with Gasteiger partial charge < -0.3 is 9.64 Å². The van der Waals surface area contributed by atoms with Crippen LogP contribution in [-0.2, 0) is 10.0 Å². The molecule has 144 valence electrons. The van der Waals surface area contributed by atoms with Gasteiger partial charge in [0.2, 0.25) is 0 Å². The summed E-state index contributed by atoms with van der Waals surface area (Å²) in [5.41, 5.74) is 1.60. The van der Waals surface area contributed by atoms with E-state index in [0.29, 0.717) is 24.5 Å². The van der Waals surface area contributed by atoms with Gasteiger partial charge in [-0.15, -0.1) is 0 Å². The number of ether oxygens (including phenoxy) is 1. The van der Waals surface area contributed by atoms with Crippen LogP contribution < -0.4 is 9.46 Å². The third-order valence-electron chi connectivity index (χ3n) is 4.74. The molecule has 0 saturated carbocycles. The van der Waals surface area contributed by atoms with Crippen molar-refractivity contribution in [1.29, 1.82) is 0 Å². The van der Waals surface area contributed by atoms with Crippen molar-refractivity contribution < 1.29 is 17.9 Å². The number of hydrogen-bond donors (Lipinski definition) is 1. The minimum atomic E-state index is -3.82. The quantitative estimate of drug-likeness (QED) is 0.851. The zero-order valence-electron chi connectivity index (χ0n) is 15.6. The Morgan fingerprint density at radius 2 is 1.78 bits per heavy atom. The van der Waals surface area contributed by atoms with Crippen LogP contribution in [0.25, 0.3) is 0 Å². The van der Waals surface area contributed by atoms with Crippen LogP contribution in [0.1, 0.15) is 35.2 Å². The third kappa shape index (κ3) is 4.24. The lowest BCUT2D eigenvalue weighted by Crippen LogP contribution is -2.35.